The highest BCUT2D eigenvalue weighted by Crippen LogP contribution is 2.20. The van der Waals surface area contributed by atoms with Gasteiger partial charge in [-0.3, -0.25) is 9.36 Å². The molecule has 6 nitrogen and oxygen atoms in total. The van der Waals surface area contributed by atoms with Crippen LogP contribution in [0.3, 0.4) is 0 Å². The Kier molecular flexibility index (Phi) is 4.47. The summed E-state index contributed by atoms with van der Waals surface area (Å²) >= 11 is 3.38. The number of halogens is 1. The van der Waals surface area contributed by atoms with Crippen LogP contribution in [0.5, 0.6) is 0 Å². The molecule has 3 rings (SSSR count). The molecule has 1 amide bonds. The van der Waals surface area contributed by atoms with Crippen molar-refractivity contribution >= 4 is 21.8 Å². The number of rotatable bonds is 4. The summed E-state index contributed by atoms with van der Waals surface area (Å²) in [4.78, 5) is 16.8. The lowest BCUT2D eigenvalue weighted by Gasteiger charge is -2.15. The maximum atomic E-state index is 12.6. The van der Waals surface area contributed by atoms with Gasteiger partial charge in [-0.25, -0.2) is 4.98 Å². The van der Waals surface area contributed by atoms with Gasteiger partial charge in [-0.15, -0.1) is 10.2 Å². The molecule has 2 heterocycles. The second-order valence-corrected chi connectivity index (χ2v) is 5.85. The number of carbonyl (C=O) groups excluding carboxylic acids is 1. The van der Waals surface area contributed by atoms with Gasteiger partial charge in [-0.1, -0.05) is 30.3 Å². The molecule has 3 aromatic rings. The number of hydrogen-bond donors (Lipinski definition) is 1. The van der Waals surface area contributed by atoms with Gasteiger partial charge < -0.3 is 5.32 Å². The Morgan fingerprint density at radius 3 is 2.61 bits per heavy atom. The van der Waals surface area contributed by atoms with Gasteiger partial charge in [-0.2, -0.15) is 0 Å². The van der Waals surface area contributed by atoms with E-state index < -0.39 is 0 Å². The van der Waals surface area contributed by atoms with Crippen molar-refractivity contribution in [2.24, 2.45) is 0 Å². The molecule has 0 spiro atoms. The largest absolute Gasteiger partial charge is 0.345 e. The Hall–Kier alpha value is -2.54. The van der Waals surface area contributed by atoms with Crippen LogP contribution in [-0.2, 0) is 0 Å². The van der Waals surface area contributed by atoms with E-state index >= 15 is 0 Å². The topological polar surface area (TPSA) is 72.7 Å². The maximum Gasteiger partial charge on any atom is 0.253 e. The number of hydrogen-bond acceptors (Lipinski definition) is 4. The standard InChI is InChI=1S/C16H14BrN5O/c1-11(12-5-3-2-4-6-12)21-16(23)13-7-15(18-8-14(13)17)22-9-19-20-10-22/h2-11H,1H3,(H,21,23). The van der Waals surface area contributed by atoms with Crippen LogP contribution in [0, 0.1) is 0 Å². The van der Waals surface area contributed by atoms with Crippen LogP contribution >= 0.6 is 15.9 Å². The molecule has 1 aromatic carbocycles. The second kappa shape index (κ2) is 6.70. The first-order chi connectivity index (χ1) is 11.1. The van der Waals surface area contributed by atoms with Crippen LogP contribution in [0.2, 0.25) is 0 Å². The Morgan fingerprint density at radius 1 is 1.22 bits per heavy atom. The zero-order valence-electron chi connectivity index (χ0n) is 12.3. The van der Waals surface area contributed by atoms with Gasteiger partial charge in [0.25, 0.3) is 5.91 Å². The number of carbonyl (C=O) groups is 1. The van der Waals surface area contributed by atoms with E-state index in [4.69, 9.17) is 0 Å². The SMILES string of the molecule is CC(NC(=O)c1cc(-n2cnnc2)ncc1Br)c1ccccc1. The summed E-state index contributed by atoms with van der Waals surface area (Å²) in [5.41, 5.74) is 1.55. The van der Waals surface area contributed by atoms with Crippen molar-refractivity contribution in [3.8, 4) is 5.82 Å². The van der Waals surface area contributed by atoms with Gasteiger partial charge in [-0.05, 0) is 34.5 Å². The molecule has 0 saturated carbocycles. The third kappa shape index (κ3) is 3.45. The first kappa shape index (κ1) is 15.4. The lowest BCUT2D eigenvalue weighted by Crippen LogP contribution is -2.27. The predicted molar refractivity (Wildman–Crippen MR) is 89.2 cm³/mol. The summed E-state index contributed by atoms with van der Waals surface area (Å²) in [5, 5.41) is 10.5. The van der Waals surface area contributed by atoms with Crippen LogP contribution in [0.4, 0.5) is 0 Å². The Labute approximate surface area is 141 Å². The lowest BCUT2D eigenvalue weighted by atomic mass is 10.1. The van der Waals surface area contributed by atoms with E-state index in [9.17, 15) is 4.79 Å². The monoisotopic (exact) mass is 371 g/mol. The normalized spacial score (nSPS) is 11.9. The molecule has 1 atom stereocenters. The summed E-state index contributed by atoms with van der Waals surface area (Å²) in [7, 11) is 0. The molecule has 7 heteroatoms. The van der Waals surface area contributed by atoms with Crippen LogP contribution in [0.25, 0.3) is 5.82 Å². The number of nitrogens with one attached hydrogen (secondary N) is 1. The van der Waals surface area contributed by atoms with Crippen LogP contribution in [0.15, 0.2) is 59.7 Å². The highest BCUT2D eigenvalue weighted by atomic mass is 79.9. The second-order valence-electron chi connectivity index (χ2n) is 5.00. The minimum absolute atomic E-state index is 0.0953. The average molecular weight is 372 g/mol. The molecule has 1 unspecified atom stereocenters. The maximum absolute atomic E-state index is 12.6. The number of aromatic nitrogens is 4. The molecule has 0 aliphatic heterocycles. The number of pyridine rings is 1. The molecule has 23 heavy (non-hydrogen) atoms. The molecule has 1 N–H and O–H groups in total. The van der Waals surface area contributed by atoms with Gasteiger partial charge in [0, 0.05) is 10.7 Å². The van der Waals surface area contributed by atoms with Crippen molar-refractivity contribution in [1.82, 2.24) is 25.1 Å². The molecule has 0 saturated heterocycles. The molecular weight excluding hydrogens is 358 g/mol. The molecule has 0 aliphatic rings. The Balaban J connectivity index is 1.83. The molecule has 0 aliphatic carbocycles. The van der Waals surface area contributed by atoms with Crippen LogP contribution in [-0.4, -0.2) is 25.7 Å². The van der Waals surface area contributed by atoms with Crippen molar-refractivity contribution in [1.29, 1.82) is 0 Å². The van der Waals surface area contributed by atoms with Crippen molar-refractivity contribution in [2.45, 2.75) is 13.0 Å². The smallest absolute Gasteiger partial charge is 0.253 e. The van der Waals surface area contributed by atoms with Gasteiger partial charge in [0.2, 0.25) is 0 Å². The van der Waals surface area contributed by atoms with E-state index in [-0.39, 0.29) is 11.9 Å². The van der Waals surface area contributed by atoms with Crippen molar-refractivity contribution in [3.63, 3.8) is 0 Å². The molecule has 0 radical (unpaired) electrons. The number of nitrogens with zero attached hydrogens (tertiary/aromatic N) is 4. The highest BCUT2D eigenvalue weighted by molar-refractivity contribution is 9.10. The fourth-order valence-electron chi connectivity index (χ4n) is 2.16. The number of benzene rings is 1. The van der Waals surface area contributed by atoms with E-state index in [1.807, 2.05) is 37.3 Å². The van der Waals surface area contributed by atoms with E-state index in [2.05, 4.69) is 36.4 Å². The molecular formula is C16H14BrN5O. The van der Waals surface area contributed by atoms with Crippen LogP contribution < -0.4 is 5.32 Å². The van der Waals surface area contributed by atoms with E-state index in [1.54, 1.807) is 16.8 Å². The van der Waals surface area contributed by atoms with E-state index in [0.29, 0.717) is 15.9 Å². The summed E-state index contributed by atoms with van der Waals surface area (Å²) in [5.74, 6) is 0.403. The summed E-state index contributed by atoms with van der Waals surface area (Å²) in [6, 6.07) is 11.4. The summed E-state index contributed by atoms with van der Waals surface area (Å²) < 4.78 is 2.27. The zero-order valence-corrected chi connectivity index (χ0v) is 13.9. The highest BCUT2D eigenvalue weighted by Gasteiger charge is 2.15. The molecule has 2 aromatic heterocycles. The van der Waals surface area contributed by atoms with Crippen molar-refractivity contribution in [3.05, 3.63) is 70.8 Å². The van der Waals surface area contributed by atoms with Crippen LogP contribution in [0.1, 0.15) is 28.9 Å². The van der Waals surface area contributed by atoms with Gasteiger partial charge in [0.05, 0.1) is 11.6 Å². The lowest BCUT2D eigenvalue weighted by molar-refractivity contribution is 0.0939. The number of amides is 1. The fourth-order valence-corrected chi connectivity index (χ4v) is 2.56. The Bertz CT molecular complexity index is 805. The third-order valence-corrected chi connectivity index (χ3v) is 4.05. The van der Waals surface area contributed by atoms with Crippen molar-refractivity contribution < 1.29 is 4.79 Å². The minimum atomic E-state index is -0.176. The molecule has 0 fully saturated rings. The fraction of sp³-hybridized carbons (Fsp3) is 0.125. The Morgan fingerprint density at radius 2 is 1.91 bits per heavy atom. The zero-order chi connectivity index (χ0) is 16.2. The quantitative estimate of drug-likeness (QED) is 0.765. The third-order valence-electron chi connectivity index (χ3n) is 3.42. The molecule has 0 bridgehead atoms. The van der Waals surface area contributed by atoms with Gasteiger partial charge >= 0.3 is 0 Å². The molecule has 116 valence electrons. The first-order valence-corrected chi connectivity index (χ1v) is 7.81. The predicted octanol–water partition coefficient (Wildman–Crippen LogP) is 2.92. The minimum Gasteiger partial charge on any atom is -0.345 e. The summed E-state index contributed by atoms with van der Waals surface area (Å²) in [6.45, 7) is 1.95. The van der Waals surface area contributed by atoms with Gasteiger partial charge in [0.15, 0.2) is 0 Å². The van der Waals surface area contributed by atoms with Gasteiger partial charge in [0.1, 0.15) is 18.5 Å². The van der Waals surface area contributed by atoms with E-state index in [0.717, 1.165) is 5.56 Å². The average Bonchev–Trinajstić information content (AvgIpc) is 3.10. The summed E-state index contributed by atoms with van der Waals surface area (Å²) in [6.07, 6.45) is 4.66. The van der Waals surface area contributed by atoms with E-state index in [1.165, 1.54) is 12.7 Å². The first-order valence-electron chi connectivity index (χ1n) is 7.01. The van der Waals surface area contributed by atoms with Crippen molar-refractivity contribution in [2.75, 3.05) is 0 Å².